The molecule has 0 aromatic heterocycles. The number of benzene rings is 2. The van der Waals surface area contributed by atoms with Crippen LogP contribution in [0.3, 0.4) is 0 Å². The molecule has 0 unspecified atom stereocenters. The van der Waals surface area contributed by atoms with Crippen molar-refractivity contribution in [2.45, 2.75) is 57.6 Å². The molecular weight excluding hydrogens is 386 g/mol. The molecule has 0 spiro atoms. The molecule has 162 valence electrons. The highest BCUT2D eigenvalue weighted by Gasteiger charge is 2.41. The highest BCUT2D eigenvalue weighted by atomic mass is 16.5. The minimum absolute atomic E-state index is 0.214. The maximum Gasteiger partial charge on any atom is 0.163 e. The van der Waals surface area contributed by atoms with Gasteiger partial charge in [0.05, 0.1) is 7.11 Å². The summed E-state index contributed by atoms with van der Waals surface area (Å²) in [6.45, 7) is 0.722. The van der Waals surface area contributed by atoms with Crippen molar-refractivity contribution in [1.29, 1.82) is 0 Å². The maximum absolute atomic E-state index is 12.2. The summed E-state index contributed by atoms with van der Waals surface area (Å²) in [6.07, 6.45) is 9.68. The van der Waals surface area contributed by atoms with Gasteiger partial charge in [0.2, 0.25) is 0 Å². The Labute approximate surface area is 184 Å². The Kier molecular flexibility index (Phi) is 5.71. The first-order valence-electron chi connectivity index (χ1n) is 11.6. The van der Waals surface area contributed by atoms with E-state index >= 15 is 0 Å². The van der Waals surface area contributed by atoms with Gasteiger partial charge in [-0.2, -0.15) is 0 Å². The smallest absolute Gasteiger partial charge is 0.163 e. The van der Waals surface area contributed by atoms with Crippen LogP contribution in [0.4, 0.5) is 5.69 Å². The van der Waals surface area contributed by atoms with Crippen molar-refractivity contribution >= 4 is 11.5 Å². The summed E-state index contributed by atoms with van der Waals surface area (Å²) in [7, 11) is 1.70. The fourth-order valence-electron chi connectivity index (χ4n) is 5.53. The SMILES string of the molecule is COc1ccc(N(Cc2ccccc2)C2=CC(=O)CCC2)cc1O[C@@H]1C[C@H]2CC[C@@H]1C2. The molecule has 0 radical (unpaired) electrons. The second-order valence-corrected chi connectivity index (χ2v) is 9.19. The van der Waals surface area contributed by atoms with E-state index in [0.717, 1.165) is 54.6 Å². The second-order valence-electron chi connectivity index (χ2n) is 9.19. The molecule has 2 aromatic carbocycles. The van der Waals surface area contributed by atoms with Crippen LogP contribution in [0, 0.1) is 11.8 Å². The molecular formula is C27H31NO3. The first kappa shape index (κ1) is 20.2. The van der Waals surface area contributed by atoms with E-state index in [2.05, 4.69) is 41.3 Å². The highest BCUT2D eigenvalue weighted by Crippen LogP contribution is 2.47. The van der Waals surface area contributed by atoms with E-state index in [4.69, 9.17) is 9.47 Å². The fourth-order valence-corrected chi connectivity index (χ4v) is 5.53. The van der Waals surface area contributed by atoms with Crippen LogP contribution in [-0.2, 0) is 11.3 Å². The number of hydrogen-bond acceptors (Lipinski definition) is 4. The van der Waals surface area contributed by atoms with Gasteiger partial charge in [-0.1, -0.05) is 30.3 Å². The molecule has 0 heterocycles. The van der Waals surface area contributed by atoms with Crippen LogP contribution in [-0.4, -0.2) is 19.0 Å². The van der Waals surface area contributed by atoms with Crippen molar-refractivity contribution in [2.24, 2.45) is 11.8 Å². The van der Waals surface area contributed by atoms with Crippen molar-refractivity contribution in [1.82, 2.24) is 0 Å². The number of fused-ring (bicyclic) bond motifs is 2. The van der Waals surface area contributed by atoms with Crippen molar-refractivity contribution in [3.8, 4) is 11.5 Å². The molecule has 5 rings (SSSR count). The number of anilines is 1. The van der Waals surface area contributed by atoms with Crippen molar-refractivity contribution in [2.75, 3.05) is 12.0 Å². The Morgan fingerprint density at radius 3 is 2.58 bits per heavy atom. The Morgan fingerprint density at radius 2 is 1.87 bits per heavy atom. The van der Waals surface area contributed by atoms with Gasteiger partial charge in [0, 0.05) is 36.5 Å². The lowest BCUT2D eigenvalue weighted by Crippen LogP contribution is -2.26. The highest BCUT2D eigenvalue weighted by molar-refractivity contribution is 5.91. The Balaban J connectivity index is 1.47. The Morgan fingerprint density at radius 1 is 1.00 bits per heavy atom. The topological polar surface area (TPSA) is 38.8 Å². The summed E-state index contributed by atoms with van der Waals surface area (Å²) in [5, 5.41) is 0. The number of rotatable bonds is 7. The molecule has 0 N–H and O–H groups in total. The molecule has 0 saturated heterocycles. The van der Waals surface area contributed by atoms with Crippen molar-refractivity contribution in [3.63, 3.8) is 0 Å². The number of carbonyl (C=O) groups is 1. The third-order valence-corrected chi connectivity index (χ3v) is 7.12. The number of ketones is 1. The van der Waals surface area contributed by atoms with Crippen LogP contribution in [0.5, 0.6) is 11.5 Å². The average molecular weight is 418 g/mol. The minimum Gasteiger partial charge on any atom is -0.493 e. The summed E-state index contributed by atoms with van der Waals surface area (Å²) in [5.74, 6) is 3.32. The largest absolute Gasteiger partial charge is 0.493 e. The van der Waals surface area contributed by atoms with Gasteiger partial charge in [-0.3, -0.25) is 4.79 Å². The summed E-state index contributed by atoms with van der Waals surface area (Å²) in [5.41, 5.74) is 3.34. The zero-order valence-corrected chi connectivity index (χ0v) is 18.3. The van der Waals surface area contributed by atoms with Gasteiger partial charge in [-0.05, 0) is 68.1 Å². The van der Waals surface area contributed by atoms with Crippen LogP contribution in [0.1, 0.15) is 50.5 Å². The minimum atomic E-state index is 0.214. The lowest BCUT2D eigenvalue weighted by Gasteiger charge is -2.31. The van der Waals surface area contributed by atoms with E-state index in [-0.39, 0.29) is 5.78 Å². The predicted molar refractivity (Wildman–Crippen MR) is 122 cm³/mol. The van der Waals surface area contributed by atoms with Gasteiger partial charge in [-0.15, -0.1) is 0 Å². The van der Waals surface area contributed by atoms with Crippen LogP contribution >= 0.6 is 0 Å². The zero-order chi connectivity index (χ0) is 21.2. The number of nitrogens with zero attached hydrogens (tertiary/aromatic N) is 1. The van der Waals surface area contributed by atoms with Crippen molar-refractivity contribution in [3.05, 3.63) is 65.9 Å². The zero-order valence-electron chi connectivity index (χ0n) is 18.3. The van der Waals surface area contributed by atoms with E-state index < -0.39 is 0 Å². The van der Waals surface area contributed by atoms with Gasteiger partial charge in [0.15, 0.2) is 17.3 Å². The molecule has 2 saturated carbocycles. The first-order chi connectivity index (χ1) is 15.2. The number of methoxy groups -OCH3 is 1. The molecule has 0 aliphatic heterocycles. The quantitative estimate of drug-likeness (QED) is 0.562. The average Bonchev–Trinajstić information content (AvgIpc) is 3.41. The number of allylic oxidation sites excluding steroid dienone is 2. The second kappa shape index (κ2) is 8.78. The maximum atomic E-state index is 12.2. The van der Waals surface area contributed by atoms with Gasteiger partial charge < -0.3 is 14.4 Å². The molecule has 0 amide bonds. The van der Waals surface area contributed by atoms with E-state index in [9.17, 15) is 4.79 Å². The first-order valence-corrected chi connectivity index (χ1v) is 11.6. The van der Waals surface area contributed by atoms with E-state index in [0.29, 0.717) is 18.4 Å². The molecule has 2 bridgehead atoms. The summed E-state index contributed by atoms with van der Waals surface area (Å²) >= 11 is 0. The Hall–Kier alpha value is -2.75. The summed E-state index contributed by atoms with van der Waals surface area (Å²) in [4.78, 5) is 14.4. The van der Waals surface area contributed by atoms with Gasteiger partial charge in [0.1, 0.15) is 6.10 Å². The van der Waals surface area contributed by atoms with Gasteiger partial charge in [0.25, 0.3) is 0 Å². The number of ether oxygens (including phenoxy) is 2. The predicted octanol–water partition coefficient (Wildman–Crippen LogP) is 5.91. The summed E-state index contributed by atoms with van der Waals surface area (Å²) in [6, 6.07) is 16.6. The molecule has 4 heteroatoms. The molecule has 31 heavy (non-hydrogen) atoms. The molecule has 3 aliphatic carbocycles. The van der Waals surface area contributed by atoms with E-state index in [1.807, 2.05) is 18.2 Å². The van der Waals surface area contributed by atoms with E-state index in [1.54, 1.807) is 7.11 Å². The van der Waals surface area contributed by atoms with Gasteiger partial charge >= 0.3 is 0 Å². The normalized spacial score (nSPS) is 24.7. The Bertz CT molecular complexity index is 968. The third kappa shape index (κ3) is 4.34. The molecule has 3 aliphatic rings. The third-order valence-electron chi connectivity index (χ3n) is 7.12. The number of hydrogen-bond donors (Lipinski definition) is 0. The fraction of sp³-hybridized carbons (Fsp3) is 0.444. The van der Waals surface area contributed by atoms with Gasteiger partial charge in [-0.25, -0.2) is 0 Å². The summed E-state index contributed by atoms with van der Waals surface area (Å²) < 4.78 is 12.2. The van der Waals surface area contributed by atoms with Crippen LogP contribution in [0.25, 0.3) is 0 Å². The molecule has 3 atom stereocenters. The van der Waals surface area contributed by atoms with Crippen LogP contribution in [0.2, 0.25) is 0 Å². The lowest BCUT2D eigenvalue weighted by atomic mass is 9.97. The van der Waals surface area contributed by atoms with E-state index in [1.165, 1.54) is 24.8 Å². The van der Waals surface area contributed by atoms with Crippen LogP contribution in [0.15, 0.2) is 60.3 Å². The molecule has 2 fully saturated rings. The lowest BCUT2D eigenvalue weighted by molar-refractivity contribution is -0.115. The molecule has 2 aromatic rings. The molecule has 4 nitrogen and oxygen atoms in total. The standard InChI is InChI=1S/C27H31NO3/c1-30-25-13-12-23(17-27(25)31-26-15-20-10-11-21(26)14-20)28(18-19-6-3-2-4-7-19)22-8-5-9-24(29)16-22/h2-4,6-7,12-13,16-17,20-21,26H,5,8-11,14-15,18H2,1H3/t20-,21+,26+/m0/s1. The monoisotopic (exact) mass is 417 g/mol. The van der Waals surface area contributed by atoms with Crippen molar-refractivity contribution < 1.29 is 14.3 Å². The van der Waals surface area contributed by atoms with Crippen LogP contribution < -0.4 is 14.4 Å². The number of carbonyl (C=O) groups excluding carboxylic acids is 1.